The van der Waals surface area contributed by atoms with E-state index in [1.54, 1.807) is 18.4 Å². The number of anilines is 2. The number of carbonyl (C=O) groups is 1. The zero-order chi connectivity index (χ0) is 24.0. The molecule has 1 aliphatic heterocycles. The lowest BCUT2D eigenvalue weighted by Gasteiger charge is -2.15. The number of nitrogens with one attached hydrogen (secondary N) is 1. The summed E-state index contributed by atoms with van der Waals surface area (Å²) in [5.41, 5.74) is 11.9. The van der Waals surface area contributed by atoms with Crippen LogP contribution in [0.4, 0.5) is 11.5 Å². The number of hydrogen-bond donors (Lipinski definition) is 2. The lowest BCUT2D eigenvalue weighted by atomic mass is 9.98. The molecule has 4 aromatic rings. The Balaban J connectivity index is 1.44. The van der Waals surface area contributed by atoms with E-state index >= 15 is 0 Å². The fourth-order valence-electron chi connectivity index (χ4n) is 4.09. The molecule has 0 fully saturated rings. The predicted molar refractivity (Wildman–Crippen MR) is 131 cm³/mol. The highest BCUT2D eigenvalue weighted by Crippen LogP contribution is 2.37. The van der Waals surface area contributed by atoms with Crippen molar-refractivity contribution in [2.24, 2.45) is 0 Å². The summed E-state index contributed by atoms with van der Waals surface area (Å²) in [5.74, 6) is 0.772. The monoisotopic (exact) mass is 478 g/mol. The van der Waals surface area contributed by atoms with Crippen molar-refractivity contribution in [3.63, 3.8) is 0 Å². The van der Waals surface area contributed by atoms with Crippen LogP contribution < -0.4 is 15.8 Å². The molecule has 0 atom stereocenters. The van der Waals surface area contributed by atoms with Gasteiger partial charge in [0.15, 0.2) is 5.82 Å². The number of aromatic nitrogens is 4. The minimum atomic E-state index is -0.157. The van der Waals surface area contributed by atoms with Crippen molar-refractivity contribution in [3.8, 4) is 11.4 Å². The number of nitrogens with zero attached hydrogens (tertiary/aromatic N) is 4. The molecular weight excluding hydrogens is 452 g/mol. The summed E-state index contributed by atoms with van der Waals surface area (Å²) in [5, 5.41) is 5.90. The fourth-order valence-corrected chi connectivity index (χ4v) is 5.00. The third-order valence-corrected chi connectivity index (χ3v) is 7.03. The maximum Gasteiger partial charge on any atom is 0.230 e. The van der Waals surface area contributed by atoms with Crippen LogP contribution in [0.15, 0.2) is 29.9 Å². The molecule has 5 rings (SSSR count). The summed E-state index contributed by atoms with van der Waals surface area (Å²) in [4.78, 5) is 26.0. The van der Waals surface area contributed by atoms with Gasteiger partial charge < -0.3 is 25.1 Å². The van der Waals surface area contributed by atoms with Crippen LogP contribution in [0.3, 0.4) is 0 Å². The summed E-state index contributed by atoms with van der Waals surface area (Å²) < 4.78 is 13.3. The Hall–Kier alpha value is -3.50. The summed E-state index contributed by atoms with van der Waals surface area (Å²) in [7, 11) is 1.57. The van der Waals surface area contributed by atoms with E-state index in [9.17, 15) is 4.79 Å². The van der Waals surface area contributed by atoms with Gasteiger partial charge in [-0.25, -0.2) is 15.0 Å². The first-order valence-electron chi connectivity index (χ1n) is 10.9. The SMILES string of the molecule is COc1cc(-n2c3c(c4ncnc(N)c42)COC3)ccc1NC(=O)Cc1csc(C(C)(C)C)n1. The zero-order valence-electron chi connectivity index (χ0n) is 19.5. The highest BCUT2D eigenvalue weighted by molar-refractivity contribution is 7.09. The number of amides is 1. The van der Waals surface area contributed by atoms with E-state index in [2.05, 4.69) is 41.0 Å². The van der Waals surface area contributed by atoms with Gasteiger partial charge in [-0.15, -0.1) is 11.3 Å². The molecule has 10 heteroatoms. The molecule has 1 aliphatic rings. The van der Waals surface area contributed by atoms with Crippen LogP contribution in [0, 0.1) is 0 Å². The number of nitrogens with two attached hydrogens (primary N) is 1. The summed E-state index contributed by atoms with van der Waals surface area (Å²) in [6, 6.07) is 5.59. The average molecular weight is 479 g/mol. The van der Waals surface area contributed by atoms with Gasteiger partial charge in [-0.05, 0) is 12.1 Å². The van der Waals surface area contributed by atoms with Crippen molar-refractivity contribution in [2.75, 3.05) is 18.2 Å². The van der Waals surface area contributed by atoms with Crippen LogP contribution in [0.2, 0.25) is 0 Å². The van der Waals surface area contributed by atoms with Gasteiger partial charge in [-0.1, -0.05) is 20.8 Å². The Morgan fingerprint density at radius 1 is 1.29 bits per heavy atom. The number of hydrogen-bond acceptors (Lipinski definition) is 8. The molecule has 176 valence electrons. The Morgan fingerprint density at radius 3 is 2.85 bits per heavy atom. The van der Waals surface area contributed by atoms with Crippen LogP contribution in [0.1, 0.15) is 42.7 Å². The summed E-state index contributed by atoms with van der Waals surface area (Å²) >= 11 is 1.58. The molecule has 0 saturated carbocycles. The molecule has 9 nitrogen and oxygen atoms in total. The molecule has 0 bridgehead atoms. The van der Waals surface area contributed by atoms with E-state index in [0.29, 0.717) is 30.5 Å². The second kappa shape index (κ2) is 8.37. The first kappa shape index (κ1) is 22.3. The smallest absolute Gasteiger partial charge is 0.230 e. The second-order valence-corrected chi connectivity index (χ2v) is 10.1. The molecule has 0 radical (unpaired) electrons. The molecule has 1 aromatic carbocycles. The number of ether oxygens (including phenoxy) is 2. The molecular formula is C24H26N6O3S. The molecule has 0 spiro atoms. The maximum atomic E-state index is 12.7. The molecule has 1 amide bonds. The Bertz CT molecular complexity index is 1400. The van der Waals surface area contributed by atoms with Crippen molar-refractivity contribution in [2.45, 2.75) is 45.8 Å². The van der Waals surface area contributed by atoms with Crippen LogP contribution in [-0.4, -0.2) is 32.5 Å². The van der Waals surface area contributed by atoms with E-state index in [0.717, 1.165) is 38.7 Å². The van der Waals surface area contributed by atoms with E-state index in [1.807, 2.05) is 28.1 Å². The highest BCUT2D eigenvalue weighted by Gasteiger charge is 2.26. The second-order valence-electron chi connectivity index (χ2n) is 9.21. The van der Waals surface area contributed by atoms with E-state index in [1.165, 1.54) is 6.33 Å². The van der Waals surface area contributed by atoms with Gasteiger partial charge in [0.1, 0.15) is 23.1 Å². The average Bonchev–Trinajstić information content (AvgIpc) is 3.50. The Labute approximate surface area is 201 Å². The molecule has 4 heterocycles. The van der Waals surface area contributed by atoms with Crippen LogP contribution in [-0.2, 0) is 34.6 Å². The first-order chi connectivity index (χ1) is 16.3. The number of benzene rings is 1. The molecule has 0 unspecified atom stereocenters. The lowest BCUT2D eigenvalue weighted by Crippen LogP contribution is -2.16. The molecule has 3 N–H and O–H groups in total. The standard InChI is InChI=1S/C24H26N6O3S/c1-24(2,3)23-28-13(11-34-23)7-19(31)29-16-6-5-14(8-18(16)32-4)30-17-10-33-9-15(17)20-21(30)22(25)27-12-26-20/h5-6,8,11-12H,7,9-10H2,1-4H3,(H,29,31)(H2,25,26,27). The van der Waals surface area contributed by atoms with Crippen molar-refractivity contribution in [1.82, 2.24) is 19.5 Å². The third kappa shape index (κ3) is 3.88. The quantitative estimate of drug-likeness (QED) is 0.446. The lowest BCUT2D eigenvalue weighted by molar-refractivity contribution is -0.115. The van der Waals surface area contributed by atoms with Crippen LogP contribution in [0.25, 0.3) is 16.7 Å². The molecule has 0 saturated heterocycles. The number of nitrogen functional groups attached to an aromatic ring is 1. The van der Waals surface area contributed by atoms with E-state index in [-0.39, 0.29) is 17.7 Å². The maximum absolute atomic E-state index is 12.7. The number of methoxy groups -OCH3 is 1. The van der Waals surface area contributed by atoms with Gasteiger partial charge >= 0.3 is 0 Å². The zero-order valence-corrected chi connectivity index (χ0v) is 20.3. The number of fused-ring (bicyclic) bond motifs is 3. The minimum Gasteiger partial charge on any atom is -0.494 e. The summed E-state index contributed by atoms with van der Waals surface area (Å²) in [6.07, 6.45) is 1.66. The van der Waals surface area contributed by atoms with Crippen molar-refractivity contribution in [3.05, 3.63) is 51.9 Å². The normalized spacial score (nSPS) is 13.3. The van der Waals surface area contributed by atoms with Gasteiger partial charge in [0.25, 0.3) is 0 Å². The van der Waals surface area contributed by atoms with E-state index in [4.69, 9.17) is 15.2 Å². The van der Waals surface area contributed by atoms with Crippen molar-refractivity contribution < 1.29 is 14.3 Å². The predicted octanol–water partition coefficient (Wildman–Crippen LogP) is 3.98. The van der Waals surface area contributed by atoms with Gasteiger partial charge in [0, 0.05) is 28.1 Å². The van der Waals surface area contributed by atoms with Crippen molar-refractivity contribution in [1.29, 1.82) is 0 Å². The van der Waals surface area contributed by atoms with Gasteiger partial charge in [0.05, 0.1) is 48.8 Å². The molecule has 34 heavy (non-hydrogen) atoms. The van der Waals surface area contributed by atoms with Crippen molar-refractivity contribution >= 4 is 39.8 Å². The Morgan fingerprint density at radius 2 is 2.12 bits per heavy atom. The van der Waals surface area contributed by atoms with Gasteiger partial charge in [-0.2, -0.15) is 0 Å². The van der Waals surface area contributed by atoms with Gasteiger partial charge in [-0.3, -0.25) is 4.79 Å². The van der Waals surface area contributed by atoms with Crippen LogP contribution >= 0.6 is 11.3 Å². The fraction of sp³-hybridized carbons (Fsp3) is 0.333. The largest absolute Gasteiger partial charge is 0.494 e. The van der Waals surface area contributed by atoms with E-state index < -0.39 is 0 Å². The number of rotatable bonds is 5. The molecule has 0 aliphatic carbocycles. The Kier molecular flexibility index (Phi) is 5.49. The van der Waals surface area contributed by atoms with Gasteiger partial charge in [0.2, 0.25) is 5.91 Å². The highest BCUT2D eigenvalue weighted by atomic mass is 32.1. The number of thiazole rings is 1. The van der Waals surface area contributed by atoms with Crippen LogP contribution in [0.5, 0.6) is 5.75 Å². The topological polar surface area (TPSA) is 117 Å². The number of carbonyl (C=O) groups excluding carboxylic acids is 1. The first-order valence-corrected chi connectivity index (χ1v) is 11.8. The third-order valence-electron chi connectivity index (χ3n) is 5.72. The minimum absolute atomic E-state index is 0.0409. The molecule has 3 aromatic heterocycles. The summed E-state index contributed by atoms with van der Waals surface area (Å²) in [6.45, 7) is 7.26.